The molecule has 1 heterocycles. The van der Waals surface area contributed by atoms with Gasteiger partial charge in [0.25, 0.3) is 5.91 Å². The van der Waals surface area contributed by atoms with Crippen LogP contribution in [0.1, 0.15) is 48.8 Å². The highest BCUT2D eigenvalue weighted by atomic mass is 19.1. The van der Waals surface area contributed by atoms with E-state index in [1.807, 2.05) is 18.2 Å². The minimum Gasteiger partial charge on any atom is -0.320 e. The molecule has 2 unspecified atom stereocenters. The maximum Gasteiger partial charge on any atom is 0.260 e. The highest BCUT2D eigenvalue weighted by molar-refractivity contribution is 6.04. The fourth-order valence-electron chi connectivity index (χ4n) is 4.83. The lowest BCUT2D eigenvalue weighted by atomic mass is 9.73. The van der Waals surface area contributed by atoms with Gasteiger partial charge < -0.3 is 5.73 Å². The molecule has 1 aliphatic heterocycles. The second-order valence-corrected chi connectivity index (χ2v) is 8.40. The van der Waals surface area contributed by atoms with E-state index >= 15 is 0 Å². The lowest BCUT2D eigenvalue weighted by Gasteiger charge is -2.41. The topological polar surface area (TPSA) is 58.7 Å². The van der Waals surface area contributed by atoms with Crippen LogP contribution in [0.3, 0.4) is 0 Å². The molecule has 0 bridgehead atoms. The molecule has 2 aromatic rings. The molecule has 0 aromatic heterocycles. The summed E-state index contributed by atoms with van der Waals surface area (Å²) in [6.07, 6.45) is 4.79. The minimum absolute atomic E-state index is 0.114. The number of hydrogen-bond donors (Lipinski definition) is 1. The Balaban J connectivity index is 1.63. The number of aryl methyl sites for hydroxylation is 1. The van der Waals surface area contributed by atoms with Gasteiger partial charge in [-0.1, -0.05) is 24.3 Å². The van der Waals surface area contributed by atoms with Crippen LogP contribution in [0.2, 0.25) is 0 Å². The zero-order chi connectivity index (χ0) is 20.2. The summed E-state index contributed by atoms with van der Waals surface area (Å²) in [6, 6.07) is 10.8. The first-order valence-corrected chi connectivity index (χ1v) is 10.2. The Morgan fingerprint density at radius 1 is 1.21 bits per heavy atom. The average molecular weight is 395 g/mol. The number of nitrogens with two attached hydrogens (primary N) is 1. The number of nitrogens with zero attached hydrogens (tertiary/aromatic N) is 2. The van der Waals surface area contributed by atoms with Crippen molar-refractivity contribution >= 4 is 11.6 Å². The molecule has 29 heavy (non-hydrogen) atoms. The van der Waals surface area contributed by atoms with E-state index in [4.69, 9.17) is 5.73 Å². The number of hydrogen-bond acceptors (Lipinski definition) is 3. The minimum atomic E-state index is -0.688. The fraction of sp³-hybridized carbons (Fsp3) is 0.391. The predicted molar refractivity (Wildman–Crippen MR) is 106 cm³/mol. The molecule has 5 rings (SSSR count). The van der Waals surface area contributed by atoms with Crippen LogP contribution in [0.4, 0.5) is 8.78 Å². The summed E-state index contributed by atoms with van der Waals surface area (Å²) in [5.74, 6) is -1.11. The van der Waals surface area contributed by atoms with E-state index in [0.717, 1.165) is 55.9 Å². The molecular weight excluding hydrogens is 372 g/mol. The summed E-state index contributed by atoms with van der Waals surface area (Å²) < 4.78 is 28.4. The smallest absolute Gasteiger partial charge is 0.260 e. The van der Waals surface area contributed by atoms with Crippen molar-refractivity contribution in [1.29, 1.82) is 0 Å². The summed E-state index contributed by atoms with van der Waals surface area (Å²) in [5.41, 5.74) is 8.29. The Hall–Kier alpha value is -2.60. The molecule has 2 aliphatic carbocycles. The molecule has 2 atom stereocenters. The molecule has 1 amide bonds. The zero-order valence-electron chi connectivity index (χ0n) is 16.1. The molecule has 0 saturated heterocycles. The highest BCUT2D eigenvalue weighted by Gasteiger charge is 2.51. The molecule has 2 aromatic carbocycles. The van der Waals surface area contributed by atoms with E-state index in [2.05, 4.69) is 11.2 Å². The molecule has 1 saturated carbocycles. The van der Waals surface area contributed by atoms with Crippen LogP contribution < -0.4 is 5.73 Å². The standard InChI is InChI=1S/C23H23F2N3O/c24-16-9-10-19(25)17(12-16)20-13-23(11-3-5-14-4-1-2-6-18(14)23)28(27-20)22(29)21(26)15-7-8-15/h1-2,4,6,9-10,12,15,21H,3,5,7-8,11,13,26H2. The Morgan fingerprint density at radius 2 is 2.00 bits per heavy atom. The van der Waals surface area contributed by atoms with Crippen molar-refractivity contribution in [2.24, 2.45) is 16.8 Å². The zero-order valence-corrected chi connectivity index (χ0v) is 16.1. The third-order valence-electron chi connectivity index (χ3n) is 6.50. The van der Waals surface area contributed by atoms with Gasteiger partial charge in [-0.3, -0.25) is 4.79 Å². The number of carbonyl (C=O) groups excluding carboxylic acids is 1. The van der Waals surface area contributed by atoms with E-state index in [1.165, 1.54) is 10.6 Å². The maximum atomic E-state index is 14.5. The summed E-state index contributed by atoms with van der Waals surface area (Å²) in [6.45, 7) is 0. The number of hydrazone groups is 1. The molecule has 2 N–H and O–H groups in total. The first-order chi connectivity index (χ1) is 14.0. The number of benzene rings is 2. The van der Waals surface area contributed by atoms with Crippen LogP contribution in [0, 0.1) is 17.6 Å². The van der Waals surface area contributed by atoms with Crippen LogP contribution in [0.5, 0.6) is 0 Å². The van der Waals surface area contributed by atoms with Crippen molar-refractivity contribution in [3.05, 3.63) is 70.8 Å². The Labute approximate surface area is 168 Å². The largest absolute Gasteiger partial charge is 0.320 e. The molecular formula is C23H23F2N3O. The van der Waals surface area contributed by atoms with Gasteiger partial charge in [-0.05, 0) is 67.3 Å². The Morgan fingerprint density at radius 3 is 2.79 bits per heavy atom. The van der Waals surface area contributed by atoms with Gasteiger partial charge in [0.15, 0.2) is 0 Å². The first kappa shape index (κ1) is 18.4. The van der Waals surface area contributed by atoms with Crippen LogP contribution in [-0.2, 0) is 16.8 Å². The van der Waals surface area contributed by atoms with E-state index in [1.54, 1.807) is 0 Å². The van der Waals surface area contributed by atoms with E-state index < -0.39 is 23.2 Å². The molecule has 4 nitrogen and oxygen atoms in total. The number of carbonyl (C=O) groups is 1. The van der Waals surface area contributed by atoms with Crippen molar-refractivity contribution in [3.8, 4) is 0 Å². The molecule has 3 aliphatic rings. The monoisotopic (exact) mass is 395 g/mol. The summed E-state index contributed by atoms with van der Waals surface area (Å²) in [5, 5.41) is 6.09. The van der Waals surface area contributed by atoms with Crippen molar-refractivity contribution in [2.75, 3.05) is 0 Å². The van der Waals surface area contributed by atoms with Crippen LogP contribution in [0.15, 0.2) is 47.6 Å². The van der Waals surface area contributed by atoms with E-state index in [-0.39, 0.29) is 17.4 Å². The molecule has 6 heteroatoms. The maximum absolute atomic E-state index is 14.5. The molecule has 1 spiro atoms. The third-order valence-corrected chi connectivity index (χ3v) is 6.50. The summed E-state index contributed by atoms with van der Waals surface area (Å²) >= 11 is 0. The molecule has 1 fully saturated rings. The lowest BCUT2D eigenvalue weighted by molar-refractivity contribution is -0.139. The number of amides is 1. The summed E-state index contributed by atoms with van der Waals surface area (Å²) in [4.78, 5) is 13.4. The van der Waals surface area contributed by atoms with Gasteiger partial charge in [-0.25, -0.2) is 13.8 Å². The lowest BCUT2D eigenvalue weighted by Crippen LogP contribution is -2.52. The SMILES string of the molecule is NC(C(=O)N1N=C(c2cc(F)ccc2F)CC12CCCc1ccccc12)C1CC1. The van der Waals surface area contributed by atoms with Gasteiger partial charge in [0.05, 0.1) is 17.3 Å². The molecule has 0 radical (unpaired) electrons. The van der Waals surface area contributed by atoms with Gasteiger partial charge in [0, 0.05) is 12.0 Å². The van der Waals surface area contributed by atoms with E-state index in [0.29, 0.717) is 12.1 Å². The van der Waals surface area contributed by atoms with Gasteiger partial charge in [-0.2, -0.15) is 5.10 Å². The Kier molecular flexibility index (Phi) is 4.28. The average Bonchev–Trinajstić information content (AvgIpc) is 3.51. The first-order valence-electron chi connectivity index (χ1n) is 10.2. The van der Waals surface area contributed by atoms with Gasteiger partial charge in [-0.15, -0.1) is 0 Å². The third kappa shape index (κ3) is 2.97. The van der Waals surface area contributed by atoms with Crippen LogP contribution in [-0.4, -0.2) is 22.7 Å². The Bertz CT molecular complexity index is 1020. The van der Waals surface area contributed by atoms with Crippen molar-refractivity contribution in [3.63, 3.8) is 0 Å². The van der Waals surface area contributed by atoms with E-state index in [9.17, 15) is 13.6 Å². The van der Waals surface area contributed by atoms with Gasteiger partial charge in [0.2, 0.25) is 0 Å². The predicted octanol–water partition coefficient (Wildman–Crippen LogP) is 3.87. The second kappa shape index (κ2) is 6.73. The van der Waals surface area contributed by atoms with Crippen LogP contribution in [0.25, 0.3) is 0 Å². The number of rotatable bonds is 3. The summed E-state index contributed by atoms with van der Waals surface area (Å²) in [7, 11) is 0. The fourth-order valence-corrected chi connectivity index (χ4v) is 4.83. The normalized spacial score (nSPS) is 24.4. The second-order valence-electron chi connectivity index (χ2n) is 8.40. The quantitative estimate of drug-likeness (QED) is 0.858. The highest BCUT2D eigenvalue weighted by Crippen LogP contribution is 2.48. The number of halogens is 2. The number of fused-ring (bicyclic) bond motifs is 2. The van der Waals surface area contributed by atoms with Crippen molar-refractivity contribution in [1.82, 2.24) is 5.01 Å². The van der Waals surface area contributed by atoms with Crippen LogP contribution >= 0.6 is 0 Å². The molecule has 150 valence electrons. The van der Waals surface area contributed by atoms with Crippen molar-refractivity contribution in [2.45, 2.75) is 50.1 Å². The van der Waals surface area contributed by atoms with Gasteiger partial charge >= 0.3 is 0 Å². The van der Waals surface area contributed by atoms with Gasteiger partial charge in [0.1, 0.15) is 11.6 Å². The van der Waals surface area contributed by atoms with Crippen molar-refractivity contribution < 1.29 is 13.6 Å².